The third-order valence-electron chi connectivity index (χ3n) is 1.86. The highest BCUT2D eigenvalue weighted by Crippen LogP contribution is 2.23. The Hall–Kier alpha value is -0.920. The number of carbonyl (C=O) groups is 1. The van der Waals surface area contributed by atoms with Crippen molar-refractivity contribution in [1.29, 1.82) is 0 Å². The molecule has 3 N–H and O–H groups in total. The molecular weight excluding hydrogens is 286 g/mol. The molecule has 0 radical (unpaired) electrons. The van der Waals surface area contributed by atoms with Gasteiger partial charge in [-0.2, -0.15) is 0 Å². The average Bonchev–Trinajstić information content (AvgIpc) is 2.06. The zero-order valence-corrected chi connectivity index (χ0v) is 10.1. The van der Waals surface area contributed by atoms with Gasteiger partial charge in [0.1, 0.15) is 0 Å². The van der Waals surface area contributed by atoms with Crippen molar-refractivity contribution in [3.8, 4) is 0 Å². The lowest BCUT2D eigenvalue weighted by Gasteiger charge is -2.07. The minimum Gasteiger partial charge on any atom is -0.478 e. The zero-order chi connectivity index (χ0) is 11.8. The zero-order valence-electron chi connectivity index (χ0n) is 7.69. The van der Waals surface area contributed by atoms with Gasteiger partial charge in [-0.15, -0.1) is 0 Å². The third-order valence-corrected chi connectivity index (χ3v) is 3.36. The van der Waals surface area contributed by atoms with E-state index in [0.29, 0.717) is 4.47 Å². The minimum absolute atomic E-state index is 0.0894. The number of benzene rings is 1. The second kappa shape index (κ2) is 3.92. The molecule has 82 valence electrons. The number of primary sulfonamides is 1. The van der Waals surface area contributed by atoms with Crippen molar-refractivity contribution in [2.45, 2.75) is 11.8 Å². The van der Waals surface area contributed by atoms with Crippen LogP contribution in [0.15, 0.2) is 21.5 Å². The van der Waals surface area contributed by atoms with Gasteiger partial charge in [0, 0.05) is 4.47 Å². The first-order valence-electron chi connectivity index (χ1n) is 3.79. The predicted octanol–water partition coefficient (Wildman–Crippen LogP) is 1.10. The molecule has 0 saturated carbocycles. The van der Waals surface area contributed by atoms with Gasteiger partial charge in [0.05, 0.1) is 10.5 Å². The van der Waals surface area contributed by atoms with E-state index in [2.05, 4.69) is 15.9 Å². The first kappa shape index (κ1) is 12.2. The molecule has 1 aromatic carbocycles. The van der Waals surface area contributed by atoms with Gasteiger partial charge in [-0.3, -0.25) is 0 Å². The molecule has 5 nitrogen and oxygen atoms in total. The Morgan fingerprint density at radius 2 is 2.00 bits per heavy atom. The van der Waals surface area contributed by atoms with Crippen LogP contribution < -0.4 is 5.14 Å². The summed E-state index contributed by atoms with van der Waals surface area (Å²) in [5.74, 6) is -1.20. The molecule has 0 atom stereocenters. The van der Waals surface area contributed by atoms with Crippen LogP contribution in [0, 0.1) is 6.92 Å². The number of carboxylic acid groups (broad SMARTS) is 1. The lowest BCUT2D eigenvalue weighted by atomic mass is 10.1. The van der Waals surface area contributed by atoms with Crippen molar-refractivity contribution in [2.75, 3.05) is 0 Å². The molecule has 1 aromatic rings. The first-order valence-corrected chi connectivity index (χ1v) is 6.13. The lowest BCUT2D eigenvalue weighted by molar-refractivity contribution is 0.0695. The highest BCUT2D eigenvalue weighted by molar-refractivity contribution is 9.10. The molecule has 1 rings (SSSR count). The van der Waals surface area contributed by atoms with Gasteiger partial charge >= 0.3 is 5.97 Å². The van der Waals surface area contributed by atoms with Gasteiger partial charge in [0.2, 0.25) is 10.0 Å². The Morgan fingerprint density at radius 1 is 1.47 bits per heavy atom. The molecule has 7 heteroatoms. The molecule has 0 amide bonds. The summed E-state index contributed by atoms with van der Waals surface area (Å²) < 4.78 is 22.6. The maximum atomic E-state index is 11.1. The monoisotopic (exact) mass is 293 g/mol. The lowest BCUT2D eigenvalue weighted by Crippen LogP contribution is -2.15. The van der Waals surface area contributed by atoms with Crippen LogP contribution in [0.25, 0.3) is 0 Å². The molecular formula is C8H8BrNO4S. The normalized spacial score (nSPS) is 11.4. The van der Waals surface area contributed by atoms with Crippen LogP contribution in [-0.4, -0.2) is 19.5 Å². The smallest absolute Gasteiger partial charge is 0.336 e. The molecule has 0 bridgehead atoms. The number of carboxylic acids is 1. The Morgan fingerprint density at radius 3 is 2.40 bits per heavy atom. The maximum absolute atomic E-state index is 11.1. The van der Waals surface area contributed by atoms with Gasteiger partial charge in [-0.1, -0.05) is 15.9 Å². The average molecular weight is 294 g/mol. The van der Waals surface area contributed by atoms with Crippen LogP contribution >= 0.6 is 15.9 Å². The van der Waals surface area contributed by atoms with E-state index in [1.807, 2.05) is 0 Å². The SMILES string of the molecule is Cc1c(C(=O)O)cc(Br)cc1S(N)(=O)=O. The Balaban J connectivity index is 3.63. The van der Waals surface area contributed by atoms with Gasteiger partial charge in [0.25, 0.3) is 0 Å². The van der Waals surface area contributed by atoms with Gasteiger partial charge in [0.15, 0.2) is 0 Å². The molecule has 15 heavy (non-hydrogen) atoms. The van der Waals surface area contributed by atoms with Crippen LogP contribution in [0.5, 0.6) is 0 Å². The number of aromatic carboxylic acids is 1. The van der Waals surface area contributed by atoms with Crippen LogP contribution in [0.2, 0.25) is 0 Å². The molecule has 0 heterocycles. The number of halogens is 1. The van der Waals surface area contributed by atoms with Crippen molar-refractivity contribution in [3.05, 3.63) is 27.7 Å². The summed E-state index contributed by atoms with van der Waals surface area (Å²) in [5.41, 5.74) is 0.0431. The standard InChI is InChI=1S/C8H8BrNO4S/c1-4-6(8(11)12)2-5(9)3-7(4)15(10,13)14/h2-3H,1H3,(H,11,12)(H2,10,13,14). The van der Waals surface area contributed by atoms with Gasteiger partial charge in [-0.25, -0.2) is 18.4 Å². The molecule has 0 fully saturated rings. The van der Waals surface area contributed by atoms with Crippen LogP contribution in [-0.2, 0) is 10.0 Å². The van der Waals surface area contributed by atoms with Crippen molar-refractivity contribution in [3.63, 3.8) is 0 Å². The molecule has 0 unspecified atom stereocenters. The van der Waals surface area contributed by atoms with E-state index >= 15 is 0 Å². The summed E-state index contributed by atoms with van der Waals surface area (Å²) in [6.07, 6.45) is 0. The Kier molecular flexibility index (Phi) is 3.17. The molecule has 0 spiro atoms. The second-order valence-electron chi connectivity index (χ2n) is 2.93. The van der Waals surface area contributed by atoms with E-state index in [1.165, 1.54) is 19.1 Å². The molecule has 0 aliphatic carbocycles. The number of nitrogens with two attached hydrogens (primary N) is 1. The van der Waals surface area contributed by atoms with E-state index in [0.717, 1.165) is 0 Å². The van der Waals surface area contributed by atoms with E-state index in [-0.39, 0.29) is 16.0 Å². The molecule has 0 aliphatic rings. The highest BCUT2D eigenvalue weighted by atomic mass is 79.9. The van der Waals surface area contributed by atoms with Crippen LogP contribution in [0.1, 0.15) is 15.9 Å². The van der Waals surface area contributed by atoms with E-state index in [1.54, 1.807) is 0 Å². The summed E-state index contributed by atoms with van der Waals surface area (Å²) in [5, 5.41) is 13.8. The van der Waals surface area contributed by atoms with Gasteiger partial charge in [-0.05, 0) is 24.6 Å². The Labute approximate surface area is 95.1 Å². The largest absolute Gasteiger partial charge is 0.478 e. The third kappa shape index (κ3) is 2.55. The summed E-state index contributed by atoms with van der Waals surface area (Å²) in [7, 11) is -3.91. The predicted molar refractivity (Wildman–Crippen MR) is 57.2 cm³/mol. The quantitative estimate of drug-likeness (QED) is 0.853. The first-order chi connectivity index (χ1) is 6.73. The number of rotatable bonds is 2. The van der Waals surface area contributed by atoms with Crippen LogP contribution in [0.3, 0.4) is 0 Å². The van der Waals surface area contributed by atoms with Crippen molar-refractivity contribution >= 4 is 31.9 Å². The Bertz CT molecular complexity index is 524. The van der Waals surface area contributed by atoms with E-state index in [9.17, 15) is 13.2 Å². The fourth-order valence-electron chi connectivity index (χ4n) is 1.17. The topological polar surface area (TPSA) is 97.5 Å². The molecule has 0 saturated heterocycles. The van der Waals surface area contributed by atoms with Crippen molar-refractivity contribution in [2.24, 2.45) is 5.14 Å². The highest BCUT2D eigenvalue weighted by Gasteiger charge is 2.18. The van der Waals surface area contributed by atoms with Crippen molar-refractivity contribution in [1.82, 2.24) is 0 Å². The fraction of sp³-hybridized carbons (Fsp3) is 0.125. The van der Waals surface area contributed by atoms with Crippen LogP contribution in [0.4, 0.5) is 0 Å². The molecule has 0 aromatic heterocycles. The number of sulfonamides is 1. The summed E-state index contributed by atoms with van der Waals surface area (Å²) in [6, 6.07) is 2.60. The van der Waals surface area contributed by atoms with Gasteiger partial charge < -0.3 is 5.11 Å². The van der Waals surface area contributed by atoms with E-state index < -0.39 is 16.0 Å². The fourth-order valence-corrected chi connectivity index (χ4v) is 2.61. The summed E-state index contributed by atoms with van der Waals surface area (Å²) in [6.45, 7) is 1.40. The maximum Gasteiger partial charge on any atom is 0.336 e. The summed E-state index contributed by atoms with van der Waals surface area (Å²) >= 11 is 3.02. The summed E-state index contributed by atoms with van der Waals surface area (Å²) in [4.78, 5) is 10.6. The minimum atomic E-state index is -3.91. The number of hydrogen-bond acceptors (Lipinski definition) is 3. The molecule has 0 aliphatic heterocycles. The second-order valence-corrected chi connectivity index (χ2v) is 5.37. The van der Waals surface area contributed by atoms with E-state index in [4.69, 9.17) is 10.2 Å². The number of hydrogen-bond donors (Lipinski definition) is 2. The van der Waals surface area contributed by atoms with Crippen molar-refractivity contribution < 1.29 is 18.3 Å².